The van der Waals surface area contributed by atoms with E-state index in [1.54, 1.807) is 0 Å². The standard InChI is InChI=1S/C21H43/c1-5-8-10-12-13-15-18-21(16-7-3)19-20(4)17-14-11-9-6-2/h19-21H,5-18H2,1-4H3. The highest BCUT2D eigenvalue weighted by atomic mass is 14.2. The maximum Gasteiger partial charge on any atom is -0.0326 e. The van der Waals surface area contributed by atoms with E-state index < -0.39 is 0 Å². The van der Waals surface area contributed by atoms with Gasteiger partial charge in [0.1, 0.15) is 0 Å². The number of rotatable bonds is 16. The molecule has 0 bridgehead atoms. The van der Waals surface area contributed by atoms with Gasteiger partial charge in [0, 0.05) is 0 Å². The minimum Gasteiger partial charge on any atom is -0.0654 e. The first kappa shape index (κ1) is 21.0. The minimum atomic E-state index is 0.832. The maximum absolute atomic E-state index is 2.70. The Hall–Kier alpha value is 0. The lowest BCUT2D eigenvalue weighted by molar-refractivity contribution is 0.408. The van der Waals surface area contributed by atoms with E-state index in [0.717, 1.165) is 11.8 Å². The van der Waals surface area contributed by atoms with Crippen molar-refractivity contribution in [2.45, 2.75) is 118 Å². The van der Waals surface area contributed by atoms with Gasteiger partial charge in [0.15, 0.2) is 0 Å². The van der Waals surface area contributed by atoms with Crippen LogP contribution < -0.4 is 0 Å². The van der Waals surface area contributed by atoms with Gasteiger partial charge in [-0.3, -0.25) is 0 Å². The Morgan fingerprint density at radius 1 is 0.571 bits per heavy atom. The van der Waals surface area contributed by atoms with Gasteiger partial charge in [0.25, 0.3) is 0 Å². The van der Waals surface area contributed by atoms with Crippen LogP contribution in [-0.2, 0) is 0 Å². The molecule has 21 heavy (non-hydrogen) atoms. The summed E-state index contributed by atoms with van der Waals surface area (Å²) in [5, 5.41) is 0. The Kier molecular flexibility index (Phi) is 16.4. The third kappa shape index (κ3) is 14.7. The van der Waals surface area contributed by atoms with E-state index in [2.05, 4.69) is 34.1 Å². The van der Waals surface area contributed by atoms with Crippen LogP contribution in [0.5, 0.6) is 0 Å². The van der Waals surface area contributed by atoms with Crippen LogP contribution in [0.4, 0.5) is 0 Å². The molecule has 0 N–H and O–H groups in total. The largest absolute Gasteiger partial charge is 0.0654 e. The fraction of sp³-hybridized carbons (Fsp3) is 0.952. The van der Waals surface area contributed by atoms with E-state index in [0.29, 0.717) is 0 Å². The second-order valence-electron chi connectivity index (χ2n) is 7.12. The van der Waals surface area contributed by atoms with E-state index in [1.165, 1.54) is 89.9 Å². The van der Waals surface area contributed by atoms with Gasteiger partial charge in [-0.05, 0) is 18.3 Å². The van der Waals surface area contributed by atoms with E-state index >= 15 is 0 Å². The van der Waals surface area contributed by atoms with Crippen molar-refractivity contribution >= 4 is 0 Å². The average molecular weight is 296 g/mol. The molecular weight excluding hydrogens is 252 g/mol. The van der Waals surface area contributed by atoms with Crippen molar-refractivity contribution in [2.75, 3.05) is 0 Å². The molecule has 0 heteroatoms. The fourth-order valence-electron chi connectivity index (χ4n) is 3.35. The summed E-state index contributed by atoms with van der Waals surface area (Å²) < 4.78 is 0. The van der Waals surface area contributed by atoms with Gasteiger partial charge >= 0.3 is 0 Å². The monoisotopic (exact) mass is 295 g/mol. The lowest BCUT2D eigenvalue weighted by atomic mass is 9.85. The zero-order valence-electron chi connectivity index (χ0n) is 15.6. The highest BCUT2D eigenvalue weighted by molar-refractivity contribution is 4.81. The van der Waals surface area contributed by atoms with Crippen LogP contribution in [0.1, 0.15) is 118 Å². The van der Waals surface area contributed by atoms with E-state index in [9.17, 15) is 0 Å². The van der Waals surface area contributed by atoms with Gasteiger partial charge in [0.05, 0.1) is 0 Å². The molecule has 0 aromatic rings. The molecule has 0 saturated heterocycles. The summed E-state index contributed by atoms with van der Waals surface area (Å²) in [7, 11) is 0. The van der Waals surface area contributed by atoms with Crippen LogP contribution in [-0.4, -0.2) is 0 Å². The topological polar surface area (TPSA) is 0 Å². The quantitative estimate of drug-likeness (QED) is 0.253. The van der Waals surface area contributed by atoms with Gasteiger partial charge in [0.2, 0.25) is 0 Å². The number of unbranched alkanes of at least 4 members (excludes halogenated alkanes) is 8. The molecule has 127 valence electrons. The molecule has 0 aliphatic carbocycles. The summed E-state index contributed by atoms with van der Waals surface area (Å²) >= 11 is 0. The smallest absolute Gasteiger partial charge is 0.0326 e. The molecule has 0 aliphatic rings. The Balaban J connectivity index is 3.68. The summed E-state index contributed by atoms with van der Waals surface area (Å²) in [6.07, 6.45) is 22.6. The summed E-state index contributed by atoms with van der Waals surface area (Å²) in [6.45, 7) is 9.38. The second-order valence-corrected chi connectivity index (χ2v) is 7.12. The second kappa shape index (κ2) is 16.4. The predicted octanol–water partition coefficient (Wildman–Crippen LogP) is 7.96. The highest BCUT2D eigenvalue weighted by Crippen LogP contribution is 2.25. The van der Waals surface area contributed by atoms with Crippen LogP contribution in [0.15, 0.2) is 0 Å². The van der Waals surface area contributed by atoms with E-state index in [4.69, 9.17) is 0 Å². The molecule has 0 aliphatic heterocycles. The van der Waals surface area contributed by atoms with Gasteiger partial charge in [-0.25, -0.2) is 0 Å². The van der Waals surface area contributed by atoms with Crippen molar-refractivity contribution in [3.05, 3.63) is 6.42 Å². The molecule has 0 rings (SSSR count). The lowest BCUT2D eigenvalue weighted by Crippen LogP contribution is -2.08. The molecule has 1 radical (unpaired) electrons. The SMILES string of the molecule is CCCCCCCCC([CH]C(C)CCCCCC)CCC. The van der Waals surface area contributed by atoms with E-state index in [1.807, 2.05) is 0 Å². The normalized spacial score (nSPS) is 14.3. The van der Waals surface area contributed by atoms with Gasteiger partial charge in [-0.15, -0.1) is 0 Å². The number of hydrogen-bond donors (Lipinski definition) is 0. The Labute approximate surface area is 136 Å². The molecule has 2 unspecified atom stereocenters. The summed E-state index contributed by atoms with van der Waals surface area (Å²) in [5.74, 6) is 1.72. The van der Waals surface area contributed by atoms with Crippen LogP contribution in [0.25, 0.3) is 0 Å². The van der Waals surface area contributed by atoms with Crippen LogP contribution in [0.2, 0.25) is 0 Å². The maximum atomic E-state index is 2.70. The van der Waals surface area contributed by atoms with Crippen LogP contribution in [0.3, 0.4) is 0 Å². The first-order valence-corrected chi connectivity index (χ1v) is 10.1. The summed E-state index contributed by atoms with van der Waals surface area (Å²) in [4.78, 5) is 0. The van der Waals surface area contributed by atoms with Gasteiger partial charge < -0.3 is 0 Å². The van der Waals surface area contributed by atoms with Gasteiger partial charge in [-0.1, -0.05) is 118 Å². The van der Waals surface area contributed by atoms with Crippen LogP contribution in [0, 0.1) is 18.3 Å². The van der Waals surface area contributed by atoms with E-state index in [-0.39, 0.29) is 0 Å². The van der Waals surface area contributed by atoms with Gasteiger partial charge in [-0.2, -0.15) is 0 Å². The molecule has 0 saturated carbocycles. The zero-order chi connectivity index (χ0) is 15.8. The molecular formula is C21H43. The van der Waals surface area contributed by atoms with Crippen molar-refractivity contribution < 1.29 is 0 Å². The molecule has 0 spiro atoms. The third-order valence-corrected chi connectivity index (χ3v) is 4.70. The number of hydrogen-bond acceptors (Lipinski definition) is 0. The van der Waals surface area contributed by atoms with Crippen molar-refractivity contribution in [3.8, 4) is 0 Å². The minimum absolute atomic E-state index is 0.832. The molecule has 0 nitrogen and oxygen atoms in total. The Morgan fingerprint density at radius 3 is 1.71 bits per heavy atom. The molecule has 0 fully saturated rings. The molecule has 0 heterocycles. The van der Waals surface area contributed by atoms with Crippen molar-refractivity contribution in [1.29, 1.82) is 0 Å². The van der Waals surface area contributed by atoms with Crippen LogP contribution >= 0.6 is 0 Å². The molecule has 0 amide bonds. The Morgan fingerprint density at radius 2 is 1.10 bits per heavy atom. The molecule has 0 aromatic carbocycles. The third-order valence-electron chi connectivity index (χ3n) is 4.70. The van der Waals surface area contributed by atoms with Crippen molar-refractivity contribution in [2.24, 2.45) is 11.8 Å². The summed E-state index contributed by atoms with van der Waals surface area (Å²) in [5.41, 5.74) is 0. The van der Waals surface area contributed by atoms with Crippen molar-refractivity contribution in [1.82, 2.24) is 0 Å². The highest BCUT2D eigenvalue weighted by Gasteiger charge is 2.12. The summed E-state index contributed by atoms with van der Waals surface area (Å²) in [6, 6.07) is 0. The predicted molar refractivity (Wildman–Crippen MR) is 98.6 cm³/mol. The first-order valence-electron chi connectivity index (χ1n) is 10.1. The lowest BCUT2D eigenvalue weighted by Gasteiger charge is -2.20. The molecule has 0 aromatic heterocycles. The first-order chi connectivity index (χ1) is 10.2. The zero-order valence-corrected chi connectivity index (χ0v) is 15.6. The molecule has 2 atom stereocenters. The average Bonchev–Trinajstić information content (AvgIpc) is 2.47. The van der Waals surface area contributed by atoms with Crippen molar-refractivity contribution in [3.63, 3.8) is 0 Å². The fourth-order valence-corrected chi connectivity index (χ4v) is 3.35. The Bertz CT molecular complexity index is 184.